The Morgan fingerprint density at radius 3 is 2.64 bits per heavy atom. The van der Waals surface area contributed by atoms with Gasteiger partial charge in [-0.2, -0.15) is 0 Å². The van der Waals surface area contributed by atoms with Gasteiger partial charge >= 0.3 is 0 Å². The summed E-state index contributed by atoms with van der Waals surface area (Å²) < 4.78 is 14.0. The number of nitrogens with one attached hydrogen (secondary N) is 1. The van der Waals surface area contributed by atoms with Gasteiger partial charge in [0.15, 0.2) is 5.82 Å². The summed E-state index contributed by atoms with van der Waals surface area (Å²) in [5.74, 6) is 0.623. The van der Waals surface area contributed by atoms with E-state index in [1.165, 1.54) is 6.07 Å². The average Bonchev–Trinajstić information content (AvgIpc) is 2.64. The molecule has 6 heteroatoms. The van der Waals surface area contributed by atoms with Gasteiger partial charge < -0.3 is 5.32 Å². The maximum atomic E-state index is 14.0. The van der Waals surface area contributed by atoms with Gasteiger partial charge in [0.25, 0.3) is 0 Å². The normalized spacial score (nSPS) is 10.8. The minimum Gasteiger partial charge on any atom is -0.337 e. The molecule has 0 amide bonds. The number of para-hydroxylation sites is 1. The Morgan fingerprint density at radius 2 is 1.84 bits per heavy atom. The van der Waals surface area contributed by atoms with Crippen molar-refractivity contribution in [1.29, 1.82) is 0 Å². The van der Waals surface area contributed by atoms with E-state index in [1.807, 2.05) is 18.2 Å². The summed E-state index contributed by atoms with van der Waals surface area (Å²) >= 11 is 6.11. The van der Waals surface area contributed by atoms with Gasteiger partial charge in [-0.25, -0.2) is 14.4 Å². The third kappa shape index (κ3) is 3.14. The largest absolute Gasteiger partial charge is 0.337 e. The summed E-state index contributed by atoms with van der Waals surface area (Å²) in [5.41, 5.74) is 1.81. The highest BCUT2D eigenvalue weighted by molar-refractivity contribution is 6.31. The van der Waals surface area contributed by atoms with Crippen LogP contribution in [0.3, 0.4) is 0 Å². The molecule has 4 aromatic rings. The molecule has 0 aliphatic rings. The molecule has 0 bridgehead atoms. The molecule has 0 saturated carbocycles. The lowest BCUT2D eigenvalue weighted by atomic mass is 10.2. The molecular formula is C19H12ClFN4. The first-order chi connectivity index (χ1) is 12.2. The van der Waals surface area contributed by atoms with Crippen LogP contribution < -0.4 is 5.32 Å². The lowest BCUT2D eigenvalue weighted by Gasteiger charge is -2.12. The van der Waals surface area contributed by atoms with E-state index >= 15 is 0 Å². The number of benzene rings is 2. The van der Waals surface area contributed by atoms with Gasteiger partial charge in [-0.1, -0.05) is 23.7 Å². The van der Waals surface area contributed by atoms with Crippen molar-refractivity contribution in [3.05, 3.63) is 77.8 Å². The van der Waals surface area contributed by atoms with Crippen LogP contribution >= 0.6 is 11.6 Å². The quantitative estimate of drug-likeness (QED) is 0.549. The molecule has 0 atom stereocenters. The van der Waals surface area contributed by atoms with Crippen LogP contribution in [0, 0.1) is 5.82 Å². The maximum absolute atomic E-state index is 14.0. The number of fused-ring (bicyclic) bond motifs is 1. The molecule has 122 valence electrons. The second-order valence-corrected chi connectivity index (χ2v) is 5.84. The standard InChI is InChI=1S/C19H12ClFN4/c20-13-7-8-16-14(10-13)19(24-17-6-2-1-5-15(17)21)25-18(23-16)12-4-3-9-22-11-12/h1-11H,(H,23,24,25). The van der Waals surface area contributed by atoms with Crippen molar-refractivity contribution in [3.8, 4) is 11.4 Å². The number of pyridine rings is 1. The minimum atomic E-state index is -0.362. The van der Waals surface area contributed by atoms with Crippen LogP contribution in [-0.4, -0.2) is 15.0 Å². The zero-order valence-corrected chi connectivity index (χ0v) is 13.7. The van der Waals surface area contributed by atoms with Crippen molar-refractivity contribution in [1.82, 2.24) is 15.0 Å². The van der Waals surface area contributed by atoms with Crippen LogP contribution in [0.25, 0.3) is 22.3 Å². The minimum absolute atomic E-state index is 0.333. The van der Waals surface area contributed by atoms with Gasteiger partial charge in [-0.05, 0) is 42.5 Å². The molecule has 0 unspecified atom stereocenters. The summed E-state index contributed by atoms with van der Waals surface area (Å²) in [6, 6.07) is 15.4. The third-order valence-corrected chi connectivity index (χ3v) is 3.94. The summed E-state index contributed by atoms with van der Waals surface area (Å²) in [4.78, 5) is 13.2. The molecule has 0 aliphatic heterocycles. The molecule has 25 heavy (non-hydrogen) atoms. The Kier molecular flexibility index (Phi) is 3.99. The van der Waals surface area contributed by atoms with Gasteiger partial charge in [-0.15, -0.1) is 0 Å². The Morgan fingerprint density at radius 1 is 0.960 bits per heavy atom. The first-order valence-corrected chi connectivity index (χ1v) is 7.98. The number of anilines is 2. The molecule has 2 aromatic heterocycles. The van der Waals surface area contributed by atoms with E-state index in [4.69, 9.17) is 11.6 Å². The Labute approximate surface area is 148 Å². The monoisotopic (exact) mass is 350 g/mol. The second kappa shape index (κ2) is 6.45. The fraction of sp³-hybridized carbons (Fsp3) is 0. The van der Waals surface area contributed by atoms with Crippen molar-refractivity contribution in [2.24, 2.45) is 0 Å². The van der Waals surface area contributed by atoms with Gasteiger partial charge in [0, 0.05) is 28.4 Å². The number of hydrogen-bond acceptors (Lipinski definition) is 4. The van der Waals surface area contributed by atoms with Crippen molar-refractivity contribution in [2.75, 3.05) is 5.32 Å². The summed E-state index contributed by atoms with van der Waals surface area (Å²) in [6.07, 6.45) is 3.37. The molecule has 4 nitrogen and oxygen atoms in total. The zero-order chi connectivity index (χ0) is 17.2. The van der Waals surface area contributed by atoms with Crippen molar-refractivity contribution in [2.45, 2.75) is 0 Å². The topological polar surface area (TPSA) is 50.7 Å². The summed E-state index contributed by atoms with van der Waals surface area (Å²) in [6.45, 7) is 0. The molecule has 4 rings (SSSR count). The number of nitrogens with zero attached hydrogens (tertiary/aromatic N) is 3. The average molecular weight is 351 g/mol. The van der Waals surface area contributed by atoms with Crippen molar-refractivity contribution in [3.63, 3.8) is 0 Å². The van der Waals surface area contributed by atoms with Gasteiger partial charge in [0.1, 0.15) is 11.6 Å². The number of rotatable bonds is 3. The number of aromatic nitrogens is 3. The lowest BCUT2D eigenvalue weighted by Crippen LogP contribution is -2.01. The van der Waals surface area contributed by atoms with Crippen LogP contribution in [0.15, 0.2) is 67.0 Å². The maximum Gasteiger partial charge on any atom is 0.163 e. The second-order valence-electron chi connectivity index (χ2n) is 5.40. The van der Waals surface area contributed by atoms with Crippen LogP contribution in [0.2, 0.25) is 5.02 Å². The van der Waals surface area contributed by atoms with E-state index in [-0.39, 0.29) is 5.82 Å². The van der Waals surface area contributed by atoms with E-state index in [2.05, 4.69) is 20.3 Å². The van der Waals surface area contributed by atoms with E-state index in [0.717, 1.165) is 5.56 Å². The molecular weight excluding hydrogens is 339 g/mol. The van der Waals surface area contributed by atoms with Gasteiger partial charge in [-0.3, -0.25) is 4.98 Å². The summed E-state index contributed by atoms with van der Waals surface area (Å²) in [5, 5.41) is 4.32. The molecule has 0 spiro atoms. The van der Waals surface area contributed by atoms with E-state index in [9.17, 15) is 4.39 Å². The fourth-order valence-electron chi connectivity index (χ4n) is 2.51. The molecule has 0 radical (unpaired) electrons. The number of hydrogen-bond donors (Lipinski definition) is 1. The van der Waals surface area contributed by atoms with E-state index in [0.29, 0.717) is 33.3 Å². The van der Waals surface area contributed by atoms with Gasteiger partial charge in [0.2, 0.25) is 0 Å². The van der Waals surface area contributed by atoms with E-state index < -0.39 is 0 Å². The molecule has 1 N–H and O–H groups in total. The Bertz CT molecular complexity index is 1050. The van der Waals surface area contributed by atoms with E-state index in [1.54, 1.807) is 42.7 Å². The Balaban J connectivity index is 1.91. The van der Waals surface area contributed by atoms with Crippen LogP contribution in [-0.2, 0) is 0 Å². The van der Waals surface area contributed by atoms with Crippen molar-refractivity contribution < 1.29 is 4.39 Å². The highest BCUT2D eigenvalue weighted by Crippen LogP contribution is 2.29. The first kappa shape index (κ1) is 15.5. The summed E-state index contributed by atoms with van der Waals surface area (Å²) in [7, 11) is 0. The zero-order valence-electron chi connectivity index (χ0n) is 12.9. The van der Waals surface area contributed by atoms with Crippen LogP contribution in [0.4, 0.5) is 15.9 Å². The Hall–Kier alpha value is -3.05. The smallest absolute Gasteiger partial charge is 0.163 e. The molecule has 0 aliphatic carbocycles. The highest BCUT2D eigenvalue weighted by Gasteiger charge is 2.12. The lowest BCUT2D eigenvalue weighted by molar-refractivity contribution is 0.632. The predicted molar refractivity (Wildman–Crippen MR) is 97.5 cm³/mol. The van der Waals surface area contributed by atoms with Gasteiger partial charge in [0.05, 0.1) is 11.2 Å². The molecule has 2 aromatic carbocycles. The molecule has 2 heterocycles. The van der Waals surface area contributed by atoms with Crippen LogP contribution in [0.1, 0.15) is 0 Å². The van der Waals surface area contributed by atoms with Crippen molar-refractivity contribution >= 4 is 34.0 Å². The molecule has 0 fully saturated rings. The fourth-order valence-corrected chi connectivity index (χ4v) is 2.68. The molecule has 0 saturated heterocycles. The third-order valence-electron chi connectivity index (χ3n) is 3.70. The van der Waals surface area contributed by atoms with Crippen LogP contribution in [0.5, 0.6) is 0 Å². The predicted octanol–water partition coefficient (Wildman–Crippen LogP) is 5.23. The highest BCUT2D eigenvalue weighted by atomic mass is 35.5. The SMILES string of the molecule is Fc1ccccc1Nc1nc(-c2cccnc2)nc2ccc(Cl)cc12. The first-order valence-electron chi connectivity index (χ1n) is 7.60. The number of halogens is 2.